The van der Waals surface area contributed by atoms with Crippen LogP contribution in [0.5, 0.6) is 0 Å². The normalized spacial score (nSPS) is 12.3. The molecule has 0 bridgehead atoms. The third-order valence-electron chi connectivity index (χ3n) is 13.5. The lowest BCUT2D eigenvalue weighted by Crippen LogP contribution is -2.40. The van der Waals surface area contributed by atoms with Crippen molar-refractivity contribution in [1.82, 2.24) is 16.0 Å². The van der Waals surface area contributed by atoms with Gasteiger partial charge in [-0.2, -0.15) is 0 Å². The summed E-state index contributed by atoms with van der Waals surface area (Å²) in [6.45, 7) is 8.79. The first kappa shape index (κ1) is 64.8. The fourth-order valence-electron chi connectivity index (χ4n) is 8.92. The van der Waals surface area contributed by atoms with Crippen molar-refractivity contribution in [3.63, 3.8) is 0 Å². The van der Waals surface area contributed by atoms with Crippen molar-refractivity contribution in [1.29, 1.82) is 0 Å². The van der Waals surface area contributed by atoms with E-state index in [0.29, 0.717) is 38.8 Å². The van der Waals surface area contributed by atoms with Crippen LogP contribution < -0.4 is 16.0 Å². The van der Waals surface area contributed by atoms with E-state index in [4.69, 9.17) is 0 Å². The molecule has 3 N–H and O–H groups in total. The van der Waals surface area contributed by atoms with Gasteiger partial charge in [0.1, 0.15) is 5.78 Å². The van der Waals surface area contributed by atoms with Crippen molar-refractivity contribution in [2.24, 2.45) is 0 Å². The lowest BCUT2D eigenvalue weighted by Gasteiger charge is -2.18. The van der Waals surface area contributed by atoms with Gasteiger partial charge in [0.15, 0.2) is 0 Å². The molecule has 0 aromatic carbocycles. The molecular weight excluding hydrogens is 823 g/mol. The molecule has 0 fully saturated rings. The molecule has 0 saturated carbocycles. The molecule has 0 aliphatic heterocycles. The topological polar surface area (TPSA) is 87.3 Å². The van der Waals surface area contributed by atoms with Crippen LogP contribution in [0, 0.1) is 0 Å². The molecule has 2 amide bonds. The Balaban J connectivity index is 4.32. The van der Waals surface area contributed by atoms with Crippen molar-refractivity contribution < 1.29 is 14.4 Å². The van der Waals surface area contributed by atoms with Gasteiger partial charge in [-0.05, 0) is 122 Å². The van der Waals surface area contributed by atoms with Crippen LogP contribution in [0.3, 0.4) is 0 Å². The van der Waals surface area contributed by atoms with Gasteiger partial charge < -0.3 is 16.0 Å². The number of carbonyl (C=O) groups is 3. The Hall–Kier alpha value is -2.21. The molecule has 0 aliphatic carbocycles. The first-order valence-electron chi connectivity index (χ1n) is 29.8. The summed E-state index contributed by atoms with van der Waals surface area (Å²) in [5, 5.41) is 9.76. The molecule has 1 unspecified atom stereocenters. The Morgan fingerprint density at radius 1 is 0.313 bits per heavy atom. The highest BCUT2D eigenvalue weighted by Crippen LogP contribution is 2.14. The van der Waals surface area contributed by atoms with E-state index in [0.717, 1.165) is 57.9 Å². The predicted molar refractivity (Wildman–Crippen MR) is 295 cm³/mol. The Labute approximate surface area is 418 Å². The maximum atomic E-state index is 13.4. The molecule has 67 heavy (non-hydrogen) atoms. The van der Waals surface area contributed by atoms with E-state index < -0.39 is 0 Å². The monoisotopic (exact) mass is 938 g/mol. The van der Waals surface area contributed by atoms with Gasteiger partial charge in [0.2, 0.25) is 11.8 Å². The number of amides is 2. The van der Waals surface area contributed by atoms with E-state index in [1.54, 1.807) is 0 Å². The van der Waals surface area contributed by atoms with Crippen LogP contribution in [0.15, 0.2) is 36.5 Å². The number of hydrogen-bond donors (Lipinski definition) is 3. The van der Waals surface area contributed by atoms with Gasteiger partial charge in [-0.25, -0.2) is 0 Å². The second-order valence-corrected chi connectivity index (χ2v) is 20.2. The molecule has 0 aromatic heterocycles. The highest BCUT2D eigenvalue weighted by Gasteiger charge is 2.17. The molecule has 0 aliphatic rings. The molecule has 0 saturated heterocycles. The molecule has 6 nitrogen and oxygen atoms in total. The van der Waals surface area contributed by atoms with Crippen molar-refractivity contribution in [3.8, 4) is 0 Å². The van der Waals surface area contributed by atoms with Crippen LogP contribution in [0.25, 0.3) is 0 Å². The first-order valence-corrected chi connectivity index (χ1v) is 29.8. The fraction of sp³-hybridized carbons (Fsp3) is 0.852. The van der Waals surface area contributed by atoms with Crippen LogP contribution in [0.4, 0.5) is 0 Å². The minimum absolute atomic E-state index is 0.110. The van der Waals surface area contributed by atoms with Gasteiger partial charge in [0.25, 0.3) is 0 Å². The molecule has 0 aromatic rings. The van der Waals surface area contributed by atoms with Gasteiger partial charge in [-0.3, -0.25) is 14.4 Å². The van der Waals surface area contributed by atoms with Gasteiger partial charge >= 0.3 is 0 Å². The van der Waals surface area contributed by atoms with Gasteiger partial charge in [-0.15, -0.1) is 0 Å². The van der Waals surface area contributed by atoms with Crippen LogP contribution >= 0.6 is 0 Å². The van der Waals surface area contributed by atoms with E-state index in [2.05, 4.69) is 73.2 Å². The quantitative estimate of drug-likeness (QED) is 0.0419. The molecule has 0 radical (unpaired) electrons. The summed E-state index contributed by atoms with van der Waals surface area (Å²) in [7, 11) is 0. The summed E-state index contributed by atoms with van der Waals surface area (Å²) in [5.74, 6) is 0.548. The maximum absolute atomic E-state index is 13.4. The number of allylic oxidation sites excluding steroid dienone is 6. The molecule has 0 spiro atoms. The van der Waals surface area contributed by atoms with Crippen molar-refractivity contribution in [2.75, 3.05) is 19.6 Å². The van der Waals surface area contributed by atoms with Crippen molar-refractivity contribution in [2.45, 2.75) is 316 Å². The Morgan fingerprint density at radius 3 is 0.955 bits per heavy atom. The van der Waals surface area contributed by atoms with Crippen LogP contribution in [-0.2, 0) is 14.4 Å². The number of carbonyl (C=O) groups excluding carboxylic acids is 3. The lowest BCUT2D eigenvalue weighted by molar-refractivity contribution is -0.123. The summed E-state index contributed by atoms with van der Waals surface area (Å²) >= 11 is 0. The third-order valence-corrected chi connectivity index (χ3v) is 13.5. The fourth-order valence-corrected chi connectivity index (χ4v) is 8.92. The summed E-state index contributed by atoms with van der Waals surface area (Å²) < 4.78 is 0. The van der Waals surface area contributed by atoms with Crippen LogP contribution in [0.2, 0.25) is 0 Å². The van der Waals surface area contributed by atoms with Crippen molar-refractivity contribution >= 4 is 17.6 Å². The van der Waals surface area contributed by atoms with Gasteiger partial charge in [0, 0.05) is 32.4 Å². The zero-order valence-electron chi connectivity index (χ0n) is 45.2. The average Bonchev–Trinajstić information content (AvgIpc) is 3.33. The minimum atomic E-state index is -0.229. The number of hydrogen-bond acceptors (Lipinski definition) is 4. The molecule has 0 rings (SSSR count). The van der Waals surface area contributed by atoms with E-state index in [1.807, 2.05) is 0 Å². The summed E-state index contributed by atoms with van der Waals surface area (Å²) in [4.78, 5) is 38.5. The summed E-state index contributed by atoms with van der Waals surface area (Å²) in [5.41, 5.74) is 0. The zero-order chi connectivity index (χ0) is 48.6. The lowest BCUT2D eigenvalue weighted by atomic mass is 10.0. The number of nitrogens with one attached hydrogen (secondary N) is 3. The average molecular weight is 939 g/mol. The highest BCUT2D eigenvalue weighted by atomic mass is 16.2. The van der Waals surface area contributed by atoms with Gasteiger partial charge in [0.05, 0.1) is 6.04 Å². The second kappa shape index (κ2) is 56.4. The number of ketones is 1. The third kappa shape index (κ3) is 53.0. The maximum Gasteiger partial charge on any atom is 0.219 e. The van der Waals surface area contributed by atoms with Gasteiger partial charge in [-0.1, -0.05) is 211 Å². The predicted octanol–water partition coefficient (Wildman–Crippen LogP) is 18.0. The van der Waals surface area contributed by atoms with E-state index in [-0.39, 0.29) is 23.6 Å². The SMILES string of the molecule is CCCCCCCC/C=C\CCCCCCCC(=O)NCCCCNC(CCNC(=O)CCCCCCC/C=C\CCCCCCCC)C(=O)CCCCCCC/C=C\CCCCCCCC. The zero-order valence-corrected chi connectivity index (χ0v) is 45.2. The standard InChI is InChI=1S/C61H115N3O3/c1-4-7-10-13-16-19-22-25-28-31-34-37-40-43-46-51-59(65)58(54-57-64-61(67)53-48-45-42-39-36-33-30-27-24-21-18-15-12-9-6-3)62-55-49-50-56-63-60(66)52-47-44-41-38-35-32-29-26-23-20-17-14-11-8-5-2/h25-30,58,62H,4-24,31-57H2,1-3H3,(H,63,66)(H,64,67)/b28-25-,29-26-,30-27-. The number of unbranched alkanes of at least 4 members (excludes halogenated alkanes) is 34. The smallest absolute Gasteiger partial charge is 0.219 e. The van der Waals surface area contributed by atoms with Crippen molar-refractivity contribution in [3.05, 3.63) is 36.5 Å². The second-order valence-electron chi connectivity index (χ2n) is 20.2. The Bertz CT molecular complexity index is 1130. The molecule has 0 heterocycles. The summed E-state index contributed by atoms with van der Waals surface area (Å²) in [6.07, 6.45) is 67.4. The summed E-state index contributed by atoms with van der Waals surface area (Å²) in [6, 6.07) is -0.229. The molecule has 392 valence electrons. The number of Topliss-reactive ketones (excluding diaryl/α,β-unsaturated/α-hetero) is 1. The first-order chi connectivity index (χ1) is 33.0. The van der Waals surface area contributed by atoms with Crippen LogP contribution in [-0.4, -0.2) is 43.3 Å². The minimum Gasteiger partial charge on any atom is -0.356 e. The Kier molecular flexibility index (Phi) is 54.5. The molecule has 1 atom stereocenters. The van der Waals surface area contributed by atoms with E-state index >= 15 is 0 Å². The van der Waals surface area contributed by atoms with E-state index in [1.165, 1.54) is 212 Å². The van der Waals surface area contributed by atoms with E-state index in [9.17, 15) is 14.4 Å². The Morgan fingerprint density at radius 2 is 0.597 bits per heavy atom. The highest BCUT2D eigenvalue weighted by molar-refractivity contribution is 5.84. The largest absolute Gasteiger partial charge is 0.356 e. The molecule has 6 heteroatoms. The van der Waals surface area contributed by atoms with Crippen LogP contribution in [0.1, 0.15) is 310 Å². The number of rotatable bonds is 55. The molecular formula is C61H115N3O3.